The molecule has 0 radical (unpaired) electrons. The normalized spacial score (nSPS) is 10.9. The Morgan fingerprint density at radius 3 is 2.00 bits per heavy atom. The van der Waals surface area contributed by atoms with E-state index in [1.807, 2.05) is 25.1 Å². The summed E-state index contributed by atoms with van der Waals surface area (Å²) in [7, 11) is 0. The van der Waals surface area contributed by atoms with Crippen LogP contribution >= 0.6 is 0 Å². The minimum absolute atomic E-state index is 0.112. The van der Waals surface area contributed by atoms with Gasteiger partial charge in [0.1, 0.15) is 0 Å². The second-order valence-corrected chi connectivity index (χ2v) is 3.70. The molecule has 1 atom stereocenters. The van der Waals surface area contributed by atoms with Crippen molar-refractivity contribution in [2.75, 3.05) is 0 Å². The second-order valence-electron chi connectivity index (χ2n) is 3.70. The monoisotopic (exact) mass is 238 g/mol. The predicted molar refractivity (Wildman–Crippen MR) is 64.9 cm³/mol. The molecule has 94 valence electrons. The van der Waals surface area contributed by atoms with Crippen LogP contribution in [0, 0.1) is 5.92 Å². The molecule has 0 spiro atoms. The summed E-state index contributed by atoms with van der Waals surface area (Å²) in [5.41, 5.74) is 0.843. The topological polar surface area (TPSA) is 74.6 Å². The molecule has 0 aliphatic rings. The van der Waals surface area contributed by atoms with E-state index in [2.05, 4.69) is 0 Å². The smallest absolute Gasteiger partial charge is 0.307 e. The minimum Gasteiger partial charge on any atom is -0.481 e. The SMILES string of the molecule is CCC(C)C(=O)O.O=C(O)Cc1ccccc1. The first-order valence-corrected chi connectivity index (χ1v) is 5.45. The van der Waals surface area contributed by atoms with E-state index in [9.17, 15) is 9.59 Å². The van der Waals surface area contributed by atoms with Crippen LogP contribution in [0.1, 0.15) is 25.8 Å². The van der Waals surface area contributed by atoms with Crippen LogP contribution in [-0.2, 0) is 16.0 Å². The molecule has 0 fully saturated rings. The van der Waals surface area contributed by atoms with Gasteiger partial charge in [0.05, 0.1) is 12.3 Å². The fourth-order valence-electron chi connectivity index (χ4n) is 0.945. The molecule has 0 amide bonds. The predicted octanol–water partition coefficient (Wildman–Crippen LogP) is 2.43. The zero-order valence-electron chi connectivity index (χ0n) is 10.1. The third-order valence-electron chi connectivity index (χ3n) is 2.23. The second kappa shape index (κ2) is 8.33. The Labute approximate surface area is 101 Å². The van der Waals surface area contributed by atoms with Crippen molar-refractivity contribution in [1.29, 1.82) is 0 Å². The fraction of sp³-hybridized carbons (Fsp3) is 0.385. The van der Waals surface area contributed by atoms with Crippen LogP contribution in [0.25, 0.3) is 0 Å². The van der Waals surface area contributed by atoms with Gasteiger partial charge in [-0.1, -0.05) is 44.2 Å². The molecule has 1 aromatic carbocycles. The third kappa shape index (κ3) is 8.02. The molecule has 0 aliphatic carbocycles. The summed E-state index contributed by atoms with van der Waals surface area (Å²) in [6.45, 7) is 3.56. The summed E-state index contributed by atoms with van der Waals surface area (Å²) < 4.78 is 0. The molecule has 0 saturated carbocycles. The van der Waals surface area contributed by atoms with Crippen molar-refractivity contribution in [2.45, 2.75) is 26.7 Å². The Morgan fingerprint density at radius 1 is 1.18 bits per heavy atom. The van der Waals surface area contributed by atoms with Gasteiger partial charge in [0, 0.05) is 0 Å². The number of carboxylic acid groups (broad SMARTS) is 2. The highest BCUT2D eigenvalue weighted by molar-refractivity contribution is 5.70. The van der Waals surface area contributed by atoms with Crippen molar-refractivity contribution in [2.24, 2.45) is 5.92 Å². The summed E-state index contributed by atoms with van der Waals surface area (Å²) in [5, 5.41) is 16.5. The number of benzene rings is 1. The highest BCUT2D eigenvalue weighted by Crippen LogP contribution is 1.98. The maximum Gasteiger partial charge on any atom is 0.307 e. The van der Waals surface area contributed by atoms with Crippen molar-refractivity contribution < 1.29 is 19.8 Å². The van der Waals surface area contributed by atoms with Crippen LogP contribution < -0.4 is 0 Å². The lowest BCUT2D eigenvalue weighted by atomic mass is 10.1. The van der Waals surface area contributed by atoms with Gasteiger partial charge < -0.3 is 10.2 Å². The van der Waals surface area contributed by atoms with Crippen LogP contribution in [0.3, 0.4) is 0 Å². The molecule has 0 aliphatic heterocycles. The van der Waals surface area contributed by atoms with E-state index in [1.165, 1.54) is 0 Å². The van der Waals surface area contributed by atoms with Gasteiger partial charge >= 0.3 is 11.9 Å². The Hall–Kier alpha value is -1.84. The number of aliphatic carboxylic acids is 2. The molecule has 0 bridgehead atoms. The molecule has 0 heterocycles. The summed E-state index contributed by atoms with van der Waals surface area (Å²) in [5.74, 6) is -1.67. The summed E-state index contributed by atoms with van der Waals surface area (Å²) in [6.07, 6.45) is 0.830. The Balaban J connectivity index is 0.000000325. The van der Waals surface area contributed by atoms with E-state index in [-0.39, 0.29) is 12.3 Å². The van der Waals surface area contributed by atoms with Gasteiger partial charge in [0.2, 0.25) is 0 Å². The first-order chi connectivity index (χ1) is 7.97. The Morgan fingerprint density at radius 2 is 1.71 bits per heavy atom. The number of hydrogen-bond donors (Lipinski definition) is 2. The van der Waals surface area contributed by atoms with Crippen molar-refractivity contribution in [1.82, 2.24) is 0 Å². The zero-order chi connectivity index (χ0) is 13.3. The molecule has 4 nitrogen and oxygen atoms in total. The number of rotatable bonds is 4. The number of carbonyl (C=O) groups is 2. The van der Waals surface area contributed by atoms with Gasteiger partial charge in [0.15, 0.2) is 0 Å². The summed E-state index contributed by atoms with van der Waals surface area (Å²) in [4.78, 5) is 20.1. The molecular formula is C13H18O4. The molecule has 1 rings (SSSR count). The first-order valence-electron chi connectivity index (χ1n) is 5.45. The number of hydrogen-bond acceptors (Lipinski definition) is 2. The van der Waals surface area contributed by atoms with E-state index in [1.54, 1.807) is 19.1 Å². The van der Waals surface area contributed by atoms with Crippen molar-refractivity contribution in [3.63, 3.8) is 0 Å². The molecule has 1 aromatic rings. The molecule has 1 unspecified atom stereocenters. The van der Waals surface area contributed by atoms with Crippen LogP contribution in [0.15, 0.2) is 30.3 Å². The lowest BCUT2D eigenvalue weighted by molar-refractivity contribution is -0.141. The highest BCUT2D eigenvalue weighted by atomic mass is 16.4. The molecule has 0 saturated heterocycles. The summed E-state index contributed by atoms with van der Waals surface area (Å²) in [6, 6.07) is 9.13. The minimum atomic E-state index is -0.786. The van der Waals surface area contributed by atoms with E-state index in [0.29, 0.717) is 0 Å². The summed E-state index contributed by atoms with van der Waals surface area (Å²) >= 11 is 0. The van der Waals surface area contributed by atoms with Gasteiger partial charge in [-0.3, -0.25) is 9.59 Å². The Kier molecular flexibility index (Phi) is 7.43. The van der Waals surface area contributed by atoms with Gasteiger partial charge in [-0.15, -0.1) is 0 Å². The van der Waals surface area contributed by atoms with Crippen molar-refractivity contribution >= 4 is 11.9 Å². The first kappa shape index (κ1) is 15.2. The standard InChI is InChI=1S/C8H8O2.C5H10O2/c9-8(10)6-7-4-2-1-3-5-7;1-3-4(2)5(6)7/h1-5H,6H2,(H,9,10);4H,3H2,1-2H3,(H,6,7). The lowest BCUT2D eigenvalue weighted by Crippen LogP contribution is -2.06. The third-order valence-corrected chi connectivity index (χ3v) is 2.23. The van der Waals surface area contributed by atoms with Gasteiger partial charge in [-0.25, -0.2) is 0 Å². The average Bonchev–Trinajstić information content (AvgIpc) is 2.29. The molecule has 2 N–H and O–H groups in total. The van der Waals surface area contributed by atoms with E-state index in [4.69, 9.17) is 10.2 Å². The quantitative estimate of drug-likeness (QED) is 0.844. The maximum atomic E-state index is 10.2. The average molecular weight is 238 g/mol. The van der Waals surface area contributed by atoms with Gasteiger partial charge in [-0.05, 0) is 12.0 Å². The Bertz CT molecular complexity index is 346. The van der Waals surface area contributed by atoms with Crippen LogP contribution in [-0.4, -0.2) is 22.2 Å². The molecule has 17 heavy (non-hydrogen) atoms. The highest BCUT2D eigenvalue weighted by Gasteiger charge is 2.05. The number of carboxylic acids is 2. The molecular weight excluding hydrogens is 220 g/mol. The molecule has 0 aromatic heterocycles. The van der Waals surface area contributed by atoms with E-state index < -0.39 is 11.9 Å². The van der Waals surface area contributed by atoms with E-state index >= 15 is 0 Å². The van der Waals surface area contributed by atoms with Crippen molar-refractivity contribution in [3.8, 4) is 0 Å². The maximum absolute atomic E-state index is 10.2. The fourth-order valence-corrected chi connectivity index (χ4v) is 0.945. The van der Waals surface area contributed by atoms with E-state index in [0.717, 1.165) is 12.0 Å². The van der Waals surface area contributed by atoms with Crippen molar-refractivity contribution in [3.05, 3.63) is 35.9 Å². The lowest BCUT2D eigenvalue weighted by Gasteiger charge is -1.96. The van der Waals surface area contributed by atoms with Crippen LogP contribution in [0.4, 0.5) is 0 Å². The van der Waals surface area contributed by atoms with Crippen LogP contribution in [0.5, 0.6) is 0 Å². The largest absolute Gasteiger partial charge is 0.481 e. The molecule has 4 heteroatoms. The van der Waals surface area contributed by atoms with Gasteiger partial charge in [0.25, 0.3) is 0 Å². The van der Waals surface area contributed by atoms with Crippen LogP contribution in [0.2, 0.25) is 0 Å². The van der Waals surface area contributed by atoms with Gasteiger partial charge in [-0.2, -0.15) is 0 Å². The zero-order valence-corrected chi connectivity index (χ0v) is 10.1.